The Balaban J connectivity index is 2.16. The van der Waals surface area contributed by atoms with E-state index in [-0.39, 0.29) is 5.82 Å². The van der Waals surface area contributed by atoms with Gasteiger partial charge in [-0.05, 0) is 36.8 Å². The van der Waals surface area contributed by atoms with Crippen LogP contribution in [0.25, 0.3) is 0 Å². The molecule has 0 amide bonds. The van der Waals surface area contributed by atoms with Crippen LogP contribution >= 0.6 is 11.8 Å². The predicted molar refractivity (Wildman–Crippen MR) is 64.9 cm³/mol. The zero-order valence-electron chi connectivity index (χ0n) is 8.72. The fraction of sp³-hybridized carbons (Fsp3) is 0.455. The van der Waals surface area contributed by atoms with Gasteiger partial charge in [-0.1, -0.05) is 0 Å². The molecule has 1 unspecified atom stereocenters. The highest BCUT2D eigenvalue weighted by Crippen LogP contribution is 2.27. The van der Waals surface area contributed by atoms with Gasteiger partial charge in [-0.15, -0.1) is 0 Å². The summed E-state index contributed by atoms with van der Waals surface area (Å²) in [4.78, 5) is 0. The molecule has 1 saturated heterocycles. The van der Waals surface area contributed by atoms with E-state index in [0.717, 1.165) is 17.9 Å². The third-order valence-corrected chi connectivity index (χ3v) is 3.78. The fourth-order valence-electron chi connectivity index (χ4n) is 1.69. The summed E-state index contributed by atoms with van der Waals surface area (Å²) in [5.74, 6) is 2.06. The lowest BCUT2D eigenvalue weighted by Gasteiger charge is -2.15. The van der Waals surface area contributed by atoms with Crippen LogP contribution in [0.2, 0.25) is 0 Å². The SMILES string of the molecule is Cc1cc(NC2CCSC2)c(N)cc1F. The second-order valence-electron chi connectivity index (χ2n) is 3.89. The van der Waals surface area contributed by atoms with E-state index in [1.54, 1.807) is 13.0 Å². The van der Waals surface area contributed by atoms with Crippen LogP contribution in [-0.2, 0) is 0 Å². The number of anilines is 2. The number of nitrogens with one attached hydrogen (secondary N) is 1. The van der Waals surface area contributed by atoms with Crippen LogP contribution in [0, 0.1) is 12.7 Å². The number of aryl methyl sites for hydroxylation is 1. The zero-order valence-corrected chi connectivity index (χ0v) is 9.53. The first-order valence-electron chi connectivity index (χ1n) is 5.06. The Bertz CT molecular complexity index is 362. The molecule has 3 N–H and O–H groups in total. The standard InChI is InChI=1S/C11H15FN2S/c1-7-4-11(10(13)5-9(7)12)14-8-2-3-15-6-8/h4-5,8,14H,2-3,6,13H2,1H3. The van der Waals surface area contributed by atoms with Crippen molar-refractivity contribution in [3.63, 3.8) is 0 Å². The molecule has 15 heavy (non-hydrogen) atoms. The van der Waals surface area contributed by atoms with Crippen molar-refractivity contribution in [1.29, 1.82) is 0 Å². The first-order chi connectivity index (χ1) is 7.16. The Morgan fingerprint density at radius 1 is 1.53 bits per heavy atom. The van der Waals surface area contributed by atoms with Crippen LogP contribution in [0.15, 0.2) is 12.1 Å². The molecular weight excluding hydrogens is 211 g/mol. The molecule has 1 aliphatic rings. The molecule has 0 spiro atoms. The third-order valence-electron chi connectivity index (χ3n) is 2.62. The number of hydrogen-bond acceptors (Lipinski definition) is 3. The molecule has 1 aromatic carbocycles. The van der Waals surface area contributed by atoms with Crippen molar-refractivity contribution in [1.82, 2.24) is 0 Å². The maximum atomic E-state index is 13.2. The lowest BCUT2D eigenvalue weighted by atomic mass is 10.1. The molecule has 2 nitrogen and oxygen atoms in total. The molecule has 0 saturated carbocycles. The van der Waals surface area contributed by atoms with Crippen molar-refractivity contribution in [2.45, 2.75) is 19.4 Å². The number of thioether (sulfide) groups is 1. The summed E-state index contributed by atoms with van der Waals surface area (Å²) in [6.07, 6.45) is 1.15. The molecule has 2 rings (SSSR count). The summed E-state index contributed by atoms with van der Waals surface area (Å²) in [6.45, 7) is 1.75. The molecule has 1 aromatic rings. The van der Waals surface area contributed by atoms with Crippen molar-refractivity contribution >= 4 is 23.1 Å². The average molecular weight is 226 g/mol. The van der Waals surface area contributed by atoms with Gasteiger partial charge in [-0.2, -0.15) is 11.8 Å². The van der Waals surface area contributed by atoms with E-state index in [9.17, 15) is 4.39 Å². The van der Waals surface area contributed by atoms with Gasteiger partial charge in [0.15, 0.2) is 0 Å². The molecule has 1 atom stereocenters. The molecule has 0 bridgehead atoms. The molecule has 0 aliphatic carbocycles. The lowest BCUT2D eigenvalue weighted by Crippen LogP contribution is -2.19. The third kappa shape index (κ3) is 2.37. The number of halogens is 1. The highest BCUT2D eigenvalue weighted by molar-refractivity contribution is 7.99. The van der Waals surface area contributed by atoms with Gasteiger partial charge in [0.2, 0.25) is 0 Å². The molecule has 82 valence electrons. The number of benzene rings is 1. The monoisotopic (exact) mass is 226 g/mol. The minimum atomic E-state index is -0.237. The summed E-state index contributed by atoms with van der Waals surface area (Å²) in [5.41, 5.74) is 7.75. The fourth-order valence-corrected chi connectivity index (χ4v) is 2.84. The van der Waals surface area contributed by atoms with Gasteiger partial charge in [0.05, 0.1) is 11.4 Å². The van der Waals surface area contributed by atoms with Crippen LogP contribution in [0.3, 0.4) is 0 Å². The van der Waals surface area contributed by atoms with E-state index in [1.165, 1.54) is 11.8 Å². The van der Waals surface area contributed by atoms with Gasteiger partial charge in [0, 0.05) is 11.8 Å². The van der Waals surface area contributed by atoms with Crippen LogP contribution in [0.1, 0.15) is 12.0 Å². The van der Waals surface area contributed by atoms with E-state index in [2.05, 4.69) is 5.32 Å². The summed E-state index contributed by atoms with van der Waals surface area (Å²) < 4.78 is 13.2. The molecular formula is C11H15FN2S. The van der Waals surface area contributed by atoms with Crippen molar-refractivity contribution < 1.29 is 4.39 Å². The number of rotatable bonds is 2. The Kier molecular flexibility index (Phi) is 3.05. The normalized spacial score (nSPS) is 20.5. The Morgan fingerprint density at radius 2 is 2.33 bits per heavy atom. The zero-order chi connectivity index (χ0) is 10.8. The number of hydrogen-bond donors (Lipinski definition) is 2. The quantitative estimate of drug-likeness (QED) is 0.761. The van der Waals surface area contributed by atoms with Crippen LogP contribution in [-0.4, -0.2) is 17.5 Å². The van der Waals surface area contributed by atoms with E-state index >= 15 is 0 Å². The van der Waals surface area contributed by atoms with Gasteiger partial charge < -0.3 is 11.1 Å². The first-order valence-corrected chi connectivity index (χ1v) is 6.22. The average Bonchev–Trinajstić information content (AvgIpc) is 2.67. The maximum absolute atomic E-state index is 13.2. The topological polar surface area (TPSA) is 38.0 Å². The van der Waals surface area contributed by atoms with E-state index in [4.69, 9.17) is 5.73 Å². The van der Waals surface area contributed by atoms with E-state index in [1.807, 2.05) is 11.8 Å². The van der Waals surface area contributed by atoms with Gasteiger partial charge in [-0.3, -0.25) is 0 Å². The highest BCUT2D eigenvalue weighted by Gasteiger charge is 2.16. The predicted octanol–water partition coefficient (Wildman–Crippen LogP) is 2.63. The van der Waals surface area contributed by atoms with Gasteiger partial charge in [0.25, 0.3) is 0 Å². The van der Waals surface area contributed by atoms with E-state index in [0.29, 0.717) is 17.3 Å². The van der Waals surface area contributed by atoms with Crippen LogP contribution in [0.4, 0.5) is 15.8 Å². The summed E-state index contributed by atoms with van der Waals surface area (Å²) in [5, 5.41) is 3.36. The largest absolute Gasteiger partial charge is 0.397 e. The first kappa shape index (κ1) is 10.6. The summed E-state index contributed by atoms with van der Waals surface area (Å²) in [6, 6.07) is 3.65. The van der Waals surface area contributed by atoms with Crippen LogP contribution in [0.5, 0.6) is 0 Å². The molecule has 0 aromatic heterocycles. The van der Waals surface area contributed by atoms with Crippen molar-refractivity contribution in [2.75, 3.05) is 22.6 Å². The molecule has 1 heterocycles. The smallest absolute Gasteiger partial charge is 0.128 e. The van der Waals surface area contributed by atoms with Crippen LogP contribution < -0.4 is 11.1 Å². The van der Waals surface area contributed by atoms with Crippen molar-refractivity contribution in [2.24, 2.45) is 0 Å². The van der Waals surface area contributed by atoms with Crippen molar-refractivity contribution in [3.05, 3.63) is 23.5 Å². The molecule has 0 radical (unpaired) electrons. The minimum absolute atomic E-state index is 0.237. The van der Waals surface area contributed by atoms with Gasteiger partial charge in [0.1, 0.15) is 5.82 Å². The summed E-state index contributed by atoms with van der Waals surface area (Å²) in [7, 11) is 0. The maximum Gasteiger partial charge on any atom is 0.128 e. The number of nitrogens with two attached hydrogens (primary N) is 1. The molecule has 1 fully saturated rings. The lowest BCUT2D eigenvalue weighted by molar-refractivity contribution is 0.619. The van der Waals surface area contributed by atoms with Gasteiger partial charge >= 0.3 is 0 Å². The Morgan fingerprint density at radius 3 is 3.00 bits per heavy atom. The molecule has 4 heteroatoms. The molecule has 1 aliphatic heterocycles. The number of nitrogen functional groups attached to an aromatic ring is 1. The highest BCUT2D eigenvalue weighted by atomic mass is 32.2. The van der Waals surface area contributed by atoms with Gasteiger partial charge in [-0.25, -0.2) is 4.39 Å². The minimum Gasteiger partial charge on any atom is -0.397 e. The van der Waals surface area contributed by atoms with E-state index < -0.39 is 0 Å². The second-order valence-corrected chi connectivity index (χ2v) is 5.04. The summed E-state index contributed by atoms with van der Waals surface area (Å²) >= 11 is 1.94. The van der Waals surface area contributed by atoms with Crippen molar-refractivity contribution in [3.8, 4) is 0 Å². The Hall–Kier alpha value is -0.900. The Labute approximate surface area is 93.4 Å². The second kappa shape index (κ2) is 4.31.